The molecular weight excluding hydrogens is 315 g/mol. The number of ether oxygens (including phenoxy) is 2. The number of rotatable bonds is 2. The zero-order valence-electron chi connectivity index (χ0n) is 12.7. The van der Waals surface area contributed by atoms with Crippen LogP contribution in [0.5, 0.6) is 11.5 Å². The molecule has 0 aliphatic heterocycles. The van der Waals surface area contributed by atoms with Crippen LogP contribution in [0.25, 0.3) is 0 Å². The number of aromatic hydroxyl groups is 1. The molecule has 126 valence electrons. The Morgan fingerprint density at radius 3 is 2.48 bits per heavy atom. The zero-order valence-corrected chi connectivity index (χ0v) is 12.7. The van der Waals surface area contributed by atoms with Crippen molar-refractivity contribution in [2.24, 2.45) is 0 Å². The predicted octanol–water partition coefficient (Wildman–Crippen LogP) is 3.17. The van der Waals surface area contributed by atoms with E-state index < -0.39 is 29.6 Å². The second-order valence-corrected chi connectivity index (χ2v) is 5.38. The number of amides is 1. The highest BCUT2D eigenvalue weighted by Gasteiger charge is 2.31. The number of hydrogen-bond acceptors (Lipinski definition) is 4. The molecule has 1 rings (SSSR count). The fourth-order valence-corrected chi connectivity index (χ4v) is 1.38. The molecule has 0 heterocycles. The van der Waals surface area contributed by atoms with E-state index in [1.54, 1.807) is 20.8 Å². The summed E-state index contributed by atoms with van der Waals surface area (Å²) >= 11 is 0. The normalized spacial score (nSPS) is 11.2. The van der Waals surface area contributed by atoms with Crippen LogP contribution in [0.1, 0.15) is 26.3 Å². The molecule has 1 aromatic rings. The summed E-state index contributed by atoms with van der Waals surface area (Å²) in [5, 5.41) is 12.0. The highest BCUT2D eigenvalue weighted by atomic mass is 19.4. The smallest absolute Gasteiger partial charge is 0.507 e. The molecule has 23 heavy (non-hydrogen) atoms. The number of benzene rings is 1. The van der Waals surface area contributed by atoms with Gasteiger partial charge in [0.25, 0.3) is 0 Å². The lowest BCUT2D eigenvalue weighted by atomic mass is 10.2. The predicted molar refractivity (Wildman–Crippen MR) is 75.9 cm³/mol. The maximum absolute atomic E-state index is 12.0. The summed E-state index contributed by atoms with van der Waals surface area (Å²) in [7, 11) is 0. The summed E-state index contributed by atoms with van der Waals surface area (Å²) in [4.78, 5) is 11.3. The van der Waals surface area contributed by atoms with Gasteiger partial charge < -0.3 is 19.9 Å². The van der Waals surface area contributed by atoms with E-state index >= 15 is 0 Å². The van der Waals surface area contributed by atoms with Crippen molar-refractivity contribution in [2.75, 3.05) is 6.54 Å². The molecule has 1 amide bonds. The standard InChI is InChI=1S/C15H16F3NO4/c1-14(2,3)23-13(21)19-8-4-5-10-6-7-11(9-12(10)20)22-15(16,17)18/h6-7,9,20H,8H2,1-3H3,(H,19,21). The van der Waals surface area contributed by atoms with Gasteiger partial charge in [0.05, 0.1) is 12.1 Å². The van der Waals surface area contributed by atoms with Crippen LogP contribution < -0.4 is 10.1 Å². The Hall–Kier alpha value is -2.56. The summed E-state index contributed by atoms with van der Waals surface area (Å²) in [6.45, 7) is 5.08. The van der Waals surface area contributed by atoms with Gasteiger partial charge in [0.15, 0.2) is 0 Å². The zero-order chi connectivity index (χ0) is 17.7. The van der Waals surface area contributed by atoms with E-state index in [1.807, 2.05) is 0 Å². The fraction of sp³-hybridized carbons (Fsp3) is 0.400. The van der Waals surface area contributed by atoms with Gasteiger partial charge in [-0.15, -0.1) is 13.2 Å². The van der Waals surface area contributed by atoms with Gasteiger partial charge in [-0.25, -0.2) is 4.79 Å². The number of phenolic OH excluding ortho intramolecular Hbond substituents is 1. The summed E-state index contributed by atoms with van der Waals surface area (Å²) in [5.74, 6) is 4.05. The van der Waals surface area contributed by atoms with Crippen LogP contribution in [-0.2, 0) is 4.74 Å². The average Bonchev–Trinajstić information content (AvgIpc) is 2.32. The van der Waals surface area contributed by atoms with Crippen molar-refractivity contribution in [3.05, 3.63) is 23.8 Å². The molecule has 2 N–H and O–H groups in total. The van der Waals surface area contributed by atoms with Gasteiger partial charge in [-0.1, -0.05) is 11.8 Å². The molecular formula is C15H16F3NO4. The minimum atomic E-state index is -4.84. The topological polar surface area (TPSA) is 67.8 Å². The second kappa shape index (κ2) is 7.13. The van der Waals surface area contributed by atoms with E-state index in [1.165, 1.54) is 6.07 Å². The summed E-state index contributed by atoms with van der Waals surface area (Å²) in [5.41, 5.74) is -0.533. The van der Waals surface area contributed by atoms with Gasteiger partial charge in [0.2, 0.25) is 0 Å². The van der Waals surface area contributed by atoms with E-state index in [9.17, 15) is 23.1 Å². The molecule has 0 radical (unpaired) electrons. The van der Waals surface area contributed by atoms with Crippen LogP contribution in [0.3, 0.4) is 0 Å². The quantitative estimate of drug-likeness (QED) is 0.817. The maximum atomic E-state index is 12.0. The number of carbonyl (C=O) groups is 1. The van der Waals surface area contributed by atoms with Crippen LogP contribution in [-0.4, -0.2) is 29.7 Å². The molecule has 0 aromatic heterocycles. The van der Waals surface area contributed by atoms with E-state index in [-0.39, 0.29) is 12.1 Å². The third kappa shape index (κ3) is 7.85. The Bertz CT molecular complexity index is 624. The number of halogens is 3. The van der Waals surface area contributed by atoms with E-state index in [0.29, 0.717) is 0 Å². The Balaban J connectivity index is 2.61. The van der Waals surface area contributed by atoms with Crippen LogP contribution in [0.4, 0.5) is 18.0 Å². The summed E-state index contributed by atoms with van der Waals surface area (Å²) in [6, 6.07) is 3.01. The maximum Gasteiger partial charge on any atom is 0.573 e. The average molecular weight is 331 g/mol. The van der Waals surface area contributed by atoms with Crippen molar-refractivity contribution in [3.8, 4) is 23.3 Å². The van der Waals surface area contributed by atoms with Crippen molar-refractivity contribution >= 4 is 6.09 Å². The number of alkyl halides is 3. The summed E-state index contributed by atoms with van der Waals surface area (Å²) in [6.07, 6.45) is -5.48. The Kier molecular flexibility index (Phi) is 5.73. The first-order chi connectivity index (χ1) is 10.5. The number of carbonyl (C=O) groups excluding carboxylic acids is 1. The molecule has 0 saturated carbocycles. The number of alkyl carbamates (subject to hydrolysis) is 1. The SMILES string of the molecule is CC(C)(C)OC(=O)NCC#Cc1ccc(OC(F)(F)F)cc1O. The Morgan fingerprint density at radius 2 is 1.96 bits per heavy atom. The lowest BCUT2D eigenvalue weighted by Crippen LogP contribution is -2.32. The minimum absolute atomic E-state index is 0.0465. The number of nitrogens with one attached hydrogen (secondary N) is 1. The van der Waals surface area contributed by atoms with Gasteiger partial charge >= 0.3 is 12.5 Å². The molecule has 0 unspecified atom stereocenters. The molecule has 1 aromatic carbocycles. The Labute approximate surface area is 131 Å². The minimum Gasteiger partial charge on any atom is -0.507 e. The lowest BCUT2D eigenvalue weighted by molar-refractivity contribution is -0.274. The monoisotopic (exact) mass is 331 g/mol. The molecule has 0 spiro atoms. The molecule has 0 fully saturated rings. The van der Waals surface area contributed by atoms with E-state index in [0.717, 1.165) is 12.1 Å². The second-order valence-electron chi connectivity index (χ2n) is 5.38. The molecule has 8 heteroatoms. The highest BCUT2D eigenvalue weighted by molar-refractivity contribution is 5.68. The fourth-order valence-electron chi connectivity index (χ4n) is 1.38. The number of phenols is 1. The largest absolute Gasteiger partial charge is 0.573 e. The van der Waals surface area contributed by atoms with Crippen molar-refractivity contribution in [1.29, 1.82) is 0 Å². The molecule has 0 aliphatic rings. The number of hydrogen-bond donors (Lipinski definition) is 2. The molecule has 0 aliphatic carbocycles. The van der Waals surface area contributed by atoms with Crippen molar-refractivity contribution < 1.29 is 32.5 Å². The van der Waals surface area contributed by atoms with Crippen molar-refractivity contribution in [3.63, 3.8) is 0 Å². The van der Waals surface area contributed by atoms with Crippen LogP contribution in [0.2, 0.25) is 0 Å². The van der Waals surface area contributed by atoms with Gasteiger partial charge in [0.1, 0.15) is 17.1 Å². The van der Waals surface area contributed by atoms with Crippen LogP contribution in [0.15, 0.2) is 18.2 Å². The van der Waals surface area contributed by atoms with Gasteiger partial charge in [-0.3, -0.25) is 0 Å². The molecule has 0 atom stereocenters. The van der Waals surface area contributed by atoms with E-state index in [2.05, 4.69) is 21.9 Å². The molecule has 0 bridgehead atoms. The van der Waals surface area contributed by atoms with Crippen molar-refractivity contribution in [2.45, 2.75) is 32.7 Å². The van der Waals surface area contributed by atoms with Crippen LogP contribution in [0, 0.1) is 11.8 Å². The van der Waals surface area contributed by atoms with Crippen LogP contribution >= 0.6 is 0 Å². The third-order valence-electron chi connectivity index (χ3n) is 2.15. The highest BCUT2D eigenvalue weighted by Crippen LogP contribution is 2.27. The third-order valence-corrected chi connectivity index (χ3v) is 2.15. The lowest BCUT2D eigenvalue weighted by Gasteiger charge is -2.19. The summed E-state index contributed by atoms with van der Waals surface area (Å²) < 4.78 is 44.7. The molecule has 5 nitrogen and oxygen atoms in total. The van der Waals surface area contributed by atoms with Gasteiger partial charge in [-0.2, -0.15) is 0 Å². The first kappa shape index (κ1) is 18.5. The Morgan fingerprint density at radius 1 is 1.30 bits per heavy atom. The first-order valence-corrected chi connectivity index (χ1v) is 6.51. The first-order valence-electron chi connectivity index (χ1n) is 6.51. The van der Waals surface area contributed by atoms with Gasteiger partial charge in [-0.05, 0) is 32.9 Å². The van der Waals surface area contributed by atoms with Crippen molar-refractivity contribution in [1.82, 2.24) is 5.32 Å². The molecule has 0 saturated heterocycles. The van der Waals surface area contributed by atoms with Gasteiger partial charge in [0, 0.05) is 6.07 Å². The van der Waals surface area contributed by atoms with E-state index in [4.69, 9.17) is 4.74 Å².